The van der Waals surface area contributed by atoms with Gasteiger partial charge >= 0.3 is 0 Å². The number of aryl methyl sites for hydroxylation is 1. The van der Waals surface area contributed by atoms with Crippen LogP contribution < -0.4 is 5.32 Å². The standard InChI is InChI=1S/C21H23ClFN3O/c1-11-6-14(15-4-5-25-20-18(15)17(23)10-26-20)7-16(22)19(11)21(27)12(2)8-24-9-13(21)3/h4-7,10,12-13,24,27H,8-9H2,1-3H3,(H,25,26)/t12-,13+,21-. The molecule has 3 heterocycles. The van der Waals surface area contributed by atoms with E-state index in [9.17, 15) is 9.50 Å². The number of fused-ring (bicyclic) bond motifs is 1. The molecular weight excluding hydrogens is 365 g/mol. The summed E-state index contributed by atoms with van der Waals surface area (Å²) in [5, 5.41) is 15.9. The molecule has 1 fully saturated rings. The normalized spacial score (nSPS) is 25.9. The number of aromatic amines is 1. The van der Waals surface area contributed by atoms with E-state index in [1.165, 1.54) is 6.20 Å². The van der Waals surface area contributed by atoms with Crippen molar-refractivity contribution in [3.8, 4) is 11.1 Å². The number of piperidine rings is 1. The Bertz CT molecular complexity index is 983. The fourth-order valence-corrected chi connectivity index (χ4v) is 4.89. The zero-order chi connectivity index (χ0) is 19.3. The summed E-state index contributed by atoms with van der Waals surface area (Å²) < 4.78 is 14.3. The molecule has 0 saturated carbocycles. The van der Waals surface area contributed by atoms with Crippen molar-refractivity contribution < 1.29 is 9.50 Å². The first-order valence-corrected chi connectivity index (χ1v) is 9.57. The summed E-state index contributed by atoms with van der Waals surface area (Å²) in [7, 11) is 0. The number of hydrogen-bond acceptors (Lipinski definition) is 3. The number of H-pyrrole nitrogens is 1. The summed E-state index contributed by atoms with van der Waals surface area (Å²) in [5.74, 6) is -0.290. The smallest absolute Gasteiger partial charge is 0.150 e. The second-order valence-electron chi connectivity index (χ2n) is 7.65. The SMILES string of the molecule is Cc1cc(-c2ccnc3[nH]cc(F)c23)cc(Cl)c1[C@@]1(O)[C@H](C)CNC[C@@H]1C. The third kappa shape index (κ3) is 2.76. The highest BCUT2D eigenvalue weighted by Crippen LogP contribution is 2.45. The molecule has 27 heavy (non-hydrogen) atoms. The number of rotatable bonds is 2. The van der Waals surface area contributed by atoms with Crippen LogP contribution in [0.5, 0.6) is 0 Å². The Labute approximate surface area is 162 Å². The molecule has 1 aromatic carbocycles. The first kappa shape index (κ1) is 18.4. The third-order valence-corrected chi connectivity index (χ3v) is 6.23. The summed E-state index contributed by atoms with van der Waals surface area (Å²) in [5.41, 5.74) is 2.72. The van der Waals surface area contributed by atoms with Crippen LogP contribution in [0.15, 0.2) is 30.6 Å². The van der Waals surface area contributed by atoms with Crippen LogP contribution >= 0.6 is 11.6 Å². The second kappa shape index (κ2) is 6.59. The molecule has 3 aromatic rings. The molecule has 3 atom stereocenters. The highest BCUT2D eigenvalue weighted by atomic mass is 35.5. The quantitative estimate of drug-likeness (QED) is 0.611. The van der Waals surface area contributed by atoms with E-state index < -0.39 is 5.60 Å². The predicted molar refractivity (Wildman–Crippen MR) is 106 cm³/mol. The number of nitrogens with one attached hydrogen (secondary N) is 2. The lowest BCUT2D eigenvalue weighted by atomic mass is 9.70. The van der Waals surface area contributed by atoms with Gasteiger partial charge in [0.1, 0.15) is 5.65 Å². The molecule has 4 rings (SSSR count). The molecule has 6 heteroatoms. The molecule has 1 saturated heterocycles. The second-order valence-corrected chi connectivity index (χ2v) is 8.06. The zero-order valence-electron chi connectivity index (χ0n) is 15.6. The van der Waals surface area contributed by atoms with E-state index in [2.05, 4.69) is 15.3 Å². The van der Waals surface area contributed by atoms with Crippen molar-refractivity contribution in [1.82, 2.24) is 15.3 Å². The van der Waals surface area contributed by atoms with E-state index in [-0.39, 0.29) is 17.7 Å². The molecule has 0 unspecified atom stereocenters. The highest BCUT2D eigenvalue weighted by Gasteiger charge is 2.45. The first-order valence-electron chi connectivity index (χ1n) is 9.19. The van der Waals surface area contributed by atoms with E-state index in [1.807, 2.05) is 32.9 Å². The average molecular weight is 388 g/mol. The number of nitrogens with zero attached hydrogens (tertiary/aromatic N) is 1. The van der Waals surface area contributed by atoms with Crippen LogP contribution in [0.3, 0.4) is 0 Å². The fraction of sp³-hybridized carbons (Fsp3) is 0.381. The van der Waals surface area contributed by atoms with Crippen molar-refractivity contribution >= 4 is 22.6 Å². The van der Waals surface area contributed by atoms with Crippen LogP contribution in [0.2, 0.25) is 5.02 Å². The van der Waals surface area contributed by atoms with Gasteiger partial charge in [-0.05, 0) is 35.7 Å². The Kier molecular flexibility index (Phi) is 4.49. The van der Waals surface area contributed by atoms with Gasteiger partial charge in [0, 0.05) is 47.9 Å². The van der Waals surface area contributed by atoms with Gasteiger partial charge < -0.3 is 15.4 Å². The Morgan fingerprint density at radius 1 is 1.26 bits per heavy atom. The van der Waals surface area contributed by atoms with Gasteiger partial charge in [-0.25, -0.2) is 9.37 Å². The van der Waals surface area contributed by atoms with Gasteiger partial charge in [-0.2, -0.15) is 0 Å². The van der Waals surface area contributed by atoms with E-state index in [0.717, 1.165) is 35.3 Å². The van der Waals surface area contributed by atoms with Gasteiger partial charge in [-0.1, -0.05) is 31.5 Å². The largest absolute Gasteiger partial charge is 0.384 e. The van der Waals surface area contributed by atoms with Crippen LogP contribution in [-0.4, -0.2) is 28.2 Å². The summed E-state index contributed by atoms with van der Waals surface area (Å²) in [4.78, 5) is 7.02. The summed E-state index contributed by atoms with van der Waals surface area (Å²) >= 11 is 6.71. The number of halogens is 2. The molecular formula is C21H23ClFN3O. The van der Waals surface area contributed by atoms with E-state index in [4.69, 9.17) is 11.6 Å². The highest BCUT2D eigenvalue weighted by molar-refractivity contribution is 6.32. The lowest BCUT2D eigenvalue weighted by molar-refractivity contribution is -0.0810. The van der Waals surface area contributed by atoms with Crippen LogP contribution in [-0.2, 0) is 5.60 Å². The number of pyridine rings is 1. The van der Waals surface area contributed by atoms with Gasteiger partial charge in [0.2, 0.25) is 0 Å². The molecule has 0 amide bonds. The first-order chi connectivity index (χ1) is 12.8. The van der Waals surface area contributed by atoms with Gasteiger partial charge in [0.15, 0.2) is 5.82 Å². The Morgan fingerprint density at radius 3 is 2.63 bits per heavy atom. The van der Waals surface area contributed by atoms with Crippen LogP contribution in [0.25, 0.3) is 22.2 Å². The molecule has 3 N–H and O–H groups in total. The molecule has 0 radical (unpaired) electrons. The topological polar surface area (TPSA) is 60.9 Å². The monoisotopic (exact) mass is 387 g/mol. The van der Waals surface area contributed by atoms with Crippen LogP contribution in [0.4, 0.5) is 4.39 Å². The Balaban J connectivity index is 1.89. The van der Waals surface area contributed by atoms with Crippen LogP contribution in [0.1, 0.15) is 25.0 Å². The van der Waals surface area contributed by atoms with Crippen molar-refractivity contribution in [1.29, 1.82) is 0 Å². The molecule has 2 aromatic heterocycles. The van der Waals surface area contributed by atoms with Crippen molar-refractivity contribution in [3.05, 3.63) is 52.6 Å². The van der Waals surface area contributed by atoms with Crippen LogP contribution in [0, 0.1) is 24.6 Å². The van der Waals surface area contributed by atoms with E-state index in [1.54, 1.807) is 12.3 Å². The maximum absolute atomic E-state index is 14.3. The van der Waals surface area contributed by atoms with Gasteiger partial charge in [0.25, 0.3) is 0 Å². The molecule has 1 aliphatic rings. The summed E-state index contributed by atoms with van der Waals surface area (Å²) in [6.45, 7) is 7.49. The maximum atomic E-state index is 14.3. The van der Waals surface area contributed by atoms with Crippen molar-refractivity contribution in [2.75, 3.05) is 13.1 Å². The molecule has 0 spiro atoms. The number of aromatic nitrogens is 2. The minimum Gasteiger partial charge on any atom is -0.384 e. The average Bonchev–Trinajstić information content (AvgIpc) is 3.00. The Hall–Kier alpha value is -1.95. The zero-order valence-corrected chi connectivity index (χ0v) is 16.4. The number of hydrogen-bond donors (Lipinski definition) is 3. The minimum atomic E-state index is -1.00. The Morgan fingerprint density at radius 2 is 1.96 bits per heavy atom. The lowest BCUT2D eigenvalue weighted by Gasteiger charge is -2.45. The lowest BCUT2D eigenvalue weighted by Crippen LogP contribution is -2.53. The van der Waals surface area contributed by atoms with Gasteiger partial charge in [0.05, 0.1) is 11.0 Å². The summed E-state index contributed by atoms with van der Waals surface area (Å²) in [6.07, 6.45) is 2.96. The molecule has 0 aliphatic carbocycles. The third-order valence-electron chi connectivity index (χ3n) is 5.93. The van der Waals surface area contributed by atoms with E-state index in [0.29, 0.717) is 16.1 Å². The number of benzene rings is 1. The minimum absolute atomic E-state index is 0.0260. The molecule has 0 bridgehead atoms. The summed E-state index contributed by atoms with van der Waals surface area (Å²) in [6, 6.07) is 5.58. The van der Waals surface area contributed by atoms with E-state index >= 15 is 0 Å². The predicted octanol–water partition coefficient (Wildman–Crippen LogP) is 4.39. The van der Waals surface area contributed by atoms with Gasteiger partial charge in [-0.3, -0.25) is 0 Å². The number of aliphatic hydroxyl groups is 1. The van der Waals surface area contributed by atoms with Crippen molar-refractivity contribution in [3.63, 3.8) is 0 Å². The maximum Gasteiger partial charge on any atom is 0.150 e. The van der Waals surface area contributed by atoms with Crippen molar-refractivity contribution in [2.45, 2.75) is 26.4 Å². The fourth-order valence-electron chi connectivity index (χ4n) is 4.47. The molecule has 142 valence electrons. The molecule has 4 nitrogen and oxygen atoms in total. The van der Waals surface area contributed by atoms with Crippen molar-refractivity contribution in [2.24, 2.45) is 11.8 Å². The van der Waals surface area contributed by atoms with Gasteiger partial charge in [-0.15, -0.1) is 0 Å². The molecule has 1 aliphatic heterocycles.